The molecule has 0 radical (unpaired) electrons. The van der Waals surface area contributed by atoms with Crippen LogP contribution in [-0.4, -0.2) is 25.8 Å². The third-order valence-corrected chi connectivity index (χ3v) is 5.86. The largest absolute Gasteiger partial charge is 0.377 e. The molecule has 1 N–H and O–H groups in total. The molecule has 2 aliphatic carbocycles. The van der Waals surface area contributed by atoms with Gasteiger partial charge in [-0.3, -0.25) is 0 Å². The first kappa shape index (κ1) is 15.1. The number of benzene rings is 1. The molecule has 0 aromatic heterocycles. The number of nitrogens with one attached hydrogen (secondary N) is 1. The second kappa shape index (κ2) is 6.10. The summed E-state index contributed by atoms with van der Waals surface area (Å²) in [4.78, 5) is 0. The average molecular weight is 287 g/mol. The lowest BCUT2D eigenvalue weighted by atomic mass is 9.68. The van der Waals surface area contributed by atoms with Crippen LogP contribution in [0.25, 0.3) is 0 Å². The predicted molar refractivity (Wildman–Crippen MR) is 87.7 cm³/mol. The van der Waals surface area contributed by atoms with E-state index in [1.807, 2.05) is 7.11 Å². The third kappa shape index (κ3) is 2.76. The molecule has 21 heavy (non-hydrogen) atoms. The van der Waals surface area contributed by atoms with E-state index in [0.29, 0.717) is 12.0 Å². The molecule has 4 unspecified atom stereocenters. The Morgan fingerprint density at radius 2 is 2.19 bits per heavy atom. The van der Waals surface area contributed by atoms with Crippen molar-refractivity contribution in [3.8, 4) is 0 Å². The normalized spacial score (nSPS) is 33.1. The van der Waals surface area contributed by atoms with Crippen molar-refractivity contribution >= 4 is 0 Å². The van der Waals surface area contributed by atoms with Gasteiger partial charge in [0.05, 0.1) is 5.60 Å². The van der Waals surface area contributed by atoms with Gasteiger partial charge in [0.25, 0.3) is 0 Å². The Morgan fingerprint density at radius 1 is 1.38 bits per heavy atom. The van der Waals surface area contributed by atoms with E-state index in [4.69, 9.17) is 4.74 Å². The maximum Gasteiger partial charge on any atom is 0.0833 e. The summed E-state index contributed by atoms with van der Waals surface area (Å²) in [6.45, 7) is 2.37. The monoisotopic (exact) mass is 287 g/mol. The minimum Gasteiger partial charge on any atom is -0.377 e. The van der Waals surface area contributed by atoms with Crippen molar-refractivity contribution in [2.75, 3.05) is 14.2 Å². The Bertz CT molecular complexity index is 486. The van der Waals surface area contributed by atoms with E-state index in [1.165, 1.54) is 38.5 Å². The van der Waals surface area contributed by atoms with Crippen molar-refractivity contribution in [3.63, 3.8) is 0 Å². The van der Waals surface area contributed by atoms with Crippen LogP contribution in [0, 0.1) is 5.92 Å². The minimum absolute atomic E-state index is 0.0386. The zero-order valence-electron chi connectivity index (χ0n) is 13.7. The molecule has 0 amide bonds. The van der Waals surface area contributed by atoms with Gasteiger partial charge < -0.3 is 10.1 Å². The summed E-state index contributed by atoms with van der Waals surface area (Å²) in [5.74, 6) is 1.49. The van der Waals surface area contributed by atoms with Crippen LogP contribution in [-0.2, 0) is 11.2 Å². The van der Waals surface area contributed by atoms with Gasteiger partial charge in [-0.25, -0.2) is 0 Å². The van der Waals surface area contributed by atoms with E-state index in [1.54, 1.807) is 11.1 Å². The maximum atomic E-state index is 6.10. The fraction of sp³-hybridized carbons (Fsp3) is 0.684. The van der Waals surface area contributed by atoms with Crippen LogP contribution in [0.1, 0.15) is 56.1 Å². The number of fused-ring (bicyclic) bond motifs is 1. The third-order valence-electron chi connectivity index (χ3n) is 5.86. The Kier molecular flexibility index (Phi) is 4.37. The Hall–Kier alpha value is -0.860. The second-order valence-electron chi connectivity index (χ2n) is 7.15. The van der Waals surface area contributed by atoms with Gasteiger partial charge in [-0.15, -0.1) is 0 Å². The van der Waals surface area contributed by atoms with Crippen LogP contribution >= 0.6 is 0 Å². The summed E-state index contributed by atoms with van der Waals surface area (Å²) in [5.41, 5.74) is 3.14. The van der Waals surface area contributed by atoms with E-state index >= 15 is 0 Å². The number of hydrogen-bond acceptors (Lipinski definition) is 2. The number of ether oxygens (including phenoxy) is 1. The molecule has 0 heterocycles. The predicted octanol–water partition coefficient (Wildman–Crippen LogP) is 3.90. The molecule has 0 saturated heterocycles. The van der Waals surface area contributed by atoms with E-state index in [0.717, 1.165) is 5.92 Å². The first-order valence-electron chi connectivity index (χ1n) is 8.49. The highest BCUT2D eigenvalue weighted by molar-refractivity contribution is 5.40. The van der Waals surface area contributed by atoms with E-state index in [2.05, 4.69) is 43.6 Å². The van der Waals surface area contributed by atoms with Crippen molar-refractivity contribution in [2.24, 2.45) is 5.92 Å². The number of hydrogen-bond donors (Lipinski definition) is 1. The smallest absolute Gasteiger partial charge is 0.0833 e. The molecule has 0 aliphatic heterocycles. The van der Waals surface area contributed by atoms with Gasteiger partial charge in [0.15, 0.2) is 0 Å². The molecule has 1 saturated carbocycles. The fourth-order valence-electron chi connectivity index (χ4n) is 4.64. The van der Waals surface area contributed by atoms with E-state index in [9.17, 15) is 0 Å². The Morgan fingerprint density at radius 3 is 2.86 bits per heavy atom. The summed E-state index contributed by atoms with van der Waals surface area (Å²) in [6.07, 6.45) is 7.50. The van der Waals surface area contributed by atoms with Gasteiger partial charge in [0.1, 0.15) is 0 Å². The van der Waals surface area contributed by atoms with Gasteiger partial charge in [-0.1, -0.05) is 44.0 Å². The van der Waals surface area contributed by atoms with Crippen molar-refractivity contribution in [2.45, 2.75) is 63.0 Å². The van der Waals surface area contributed by atoms with Crippen molar-refractivity contribution in [3.05, 3.63) is 35.4 Å². The first-order valence-corrected chi connectivity index (χ1v) is 8.49. The van der Waals surface area contributed by atoms with Crippen molar-refractivity contribution < 1.29 is 4.74 Å². The summed E-state index contributed by atoms with van der Waals surface area (Å²) in [7, 11) is 4.02. The highest BCUT2D eigenvalue weighted by Gasteiger charge is 2.43. The lowest BCUT2D eigenvalue weighted by Gasteiger charge is -2.46. The lowest BCUT2D eigenvalue weighted by Crippen LogP contribution is -2.54. The highest BCUT2D eigenvalue weighted by Crippen LogP contribution is 2.43. The van der Waals surface area contributed by atoms with Gasteiger partial charge in [-0.2, -0.15) is 0 Å². The summed E-state index contributed by atoms with van der Waals surface area (Å²) in [5, 5.41) is 3.59. The maximum absolute atomic E-state index is 6.10. The number of rotatable bonds is 5. The molecule has 1 aromatic rings. The molecule has 1 fully saturated rings. The van der Waals surface area contributed by atoms with E-state index < -0.39 is 0 Å². The minimum atomic E-state index is 0.0386. The zero-order chi connectivity index (χ0) is 14.9. The van der Waals surface area contributed by atoms with Gasteiger partial charge >= 0.3 is 0 Å². The van der Waals surface area contributed by atoms with Gasteiger partial charge in [0, 0.05) is 13.2 Å². The molecule has 2 heteroatoms. The fourth-order valence-corrected chi connectivity index (χ4v) is 4.64. The van der Waals surface area contributed by atoms with Crippen LogP contribution in [0.2, 0.25) is 0 Å². The highest BCUT2D eigenvalue weighted by atomic mass is 16.5. The molecule has 2 nitrogen and oxygen atoms in total. The van der Waals surface area contributed by atoms with Crippen molar-refractivity contribution in [1.29, 1.82) is 0 Å². The van der Waals surface area contributed by atoms with Crippen LogP contribution in [0.4, 0.5) is 0 Å². The molecule has 0 spiro atoms. The molecule has 4 atom stereocenters. The van der Waals surface area contributed by atoms with Crippen molar-refractivity contribution in [1.82, 2.24) is 5.32 Å². The van der Waals surface area contributed by atoms with E-state index in [-0.39, 0.29) is 5.60 Å². The Balaban J connectivity index is 1.73. The molecular formula is C19H29NO. The second-order valence-corrected chi connectivity index (χ2v) is 7.15. The summed E-state index contributed by atoms with van der Waals surface area (Å²) < 4.78 is 6.10. The first-order chi connectivity index (χ1) is 10.2. The van der Waals surface area contributed by atoms with Crippen LogP contribution in [0.5, 0.6) is 0 Å². The topological polar surface area (TPSA) is 21.3 Å². The molecular weight excluding hydrogens is 258 g/mol. The zero-order valence-corrected chi connectivity index (χ0v) is 13.7. The SMILES string of the molecule is CNC(CC1Cc2ccccc21)C1(OC)CCCC(C)C1. The van der Waals surface area contributed by atoms with Crippen LogP contribution in [0.3, 0.4) is 0 Å². The standard InChI is InChI=1S/C19H29NO/c1-14-7-6-10-19(13-14,21-3)18(20-2)12-16-11-15-8-4-5-9-17(15)16/h4-5,8-9,14,16,18,20H,6-7,10-13H2,1-3H3. The molecule has 3 rings (SSSR count). The Labute approximate surface area is 129 Å². The lowest BCUT2D eigenvalue weighted by molar-refractivity contribution is -0.0810. The summed E-state index contributed by atoms with van der Waals surface area (Å²) in [6, 6.07) is 9.37. The number of methoxy groups -OCH3 is 1. The molecule has 2 aliphatic rings. The molecule has 0 bridgehead atoms. The molecule has 1 aromatic carbocycles. The van der Waals surface area contributed by atoms with Crippen LogP contribution in [0.15, 0.2) is 24.3 Å². The van der Waals surface area contributed by atoms with Gasteiger partial charge in [0.2, 0.25) is 0 Å². The average Bonchev–Trinajstić information content (AvgIpc) is 2.48. The quantitative estimate of drug-likeness (QED) is 0.887. The number of likely N-dealkylation sites (N-methyl/N-ethyl adjacent to an activating group) is 1. The molecule has 116 valence electrons. The summed E-state index contributed by atoms with van der Waals surface area (Å²) >= 11 is 0. The van der Waals surface area contributed by atoms with Gasteiger partial charge in [-0.05, 0) is 55.7 Å². The van der Waals surface area contributed by atoms with Crippen LogP contribution < -0.4 is 5.32 Å².